The number of carbonyl (C=O) groups is 2. The zero-order valence-electron chi connectivity index (χ0n) is 11.4. The maximum Gasteiger partial charge on any atom is 0.323 e. The standard InChI is InChI=1S/C15H18ClNO3/c1-10-2-3-11(8-13(10)16)4-7-14(18)17(9-15(19)20)12-5-6-12/h2-3,8,12H,4-7,9H2,1H3,(H,19,20). The highest BCUT2D eigenvalue weighted by molar-refractivity contribution is 6.31. The lowest BCUT2D eigenvalue weighted by molar-refractivity contribution is -0.144. The SMILES string of the molecule is Cc1ccc(CCC(=O)N(CC(=O)O)C2CC2)cc1Cl. The quantitative estimate of drug-likeness (QED) is 0.878. The first-order valence-electron chi connectivity index (χ1n) is 6.73. The van der Waals surface area contributed by atoms with E-state index < -0.39 is 5.97 Å². The Hall–Kier alpha value is -1.55. The van der Waals surface area contributed by atoms with Gasteiger partial charge in [-0.25, -0.2) is 0 Å². The Labute approximate surface area is 123 Å². The minimum atomic E-state index is -0.955. The number of amides is 1. The fourth-order valence-corrected chi connectivity index (χ4v) is 2.34. The molecule has 0 heterocycles. The maximum atomic E-state index is 12.1. The number of hydrogen-bond acceptors (Lipinski definition) is 2. The fourth-order valence-electron chi connectivity index (χ4n) is 2.14. The number of hydrogen-bond donors (Lipinski definition) is 1. The zero-order valence-corrected chi connectivity index (χ0v) is 12.2. The van der Waals surface area contributed by atoms with Crippen molar-refractivity contribution >= 4 is 23.5 Å². The fraction of sp³-hybridized carbons (Fsp3) is 0.467. The third kappa shape index (κ3) is 3.97. The second-order valence-corrected chi connectivity index (χ2v) is 5.64. The van der Waals surface area contributed by atoms with Gasteiger partial charge in [-0.1, -0.05) is 23.7 Å². The monoisotopic (exact) mass is 295 g/mol. The van der Waals surface area contributed by atoms with Gasteiger partial charge in [-0.3, -0.25) is 9.59 Å². The molecule has 0 saturated heterocycles. The van der Waals surface area contributed by atoms with Crippen LogP contribution in [0.15, 0.2) is 18.2 Å². The van der Waals surface area contributed by atoms with Gasteiger partial charge in [0.1, 0.15) is 6.54 Å². The van der Waals surface area contributed by atoms with E-state index in [0.29, 0.717) is 17.9 Å². The van der Waals surface area contributed by atoms with Gasteiger partial charge >= 0.3 is 5.97 Å². The molecule has 0 bridgehead atoms. The van der Waals surface area contributed by atoms with Crippen LogP contribution >= 0.6 is 11.6 Å². The smallest absolute Gasteiger partial charge is 0.323 e. The van der Waals surface area contributed by atoms with Crippen LogP contribution in [0, 0.1) is 6.92 Å². The molecule has 0 aromatic heterocycles. The van der Waals surface area contributed by atoms with Crippen LogP contribution < -0.4 is 0 Å². The molecule has 1 aliphatic carbocycles. The van der Waals surface area contributed by atoms with Crippen LogP contribution in [0.1, 0.15) is 30.4 Å². The number of carboxylic acids is 1. The average molecular weight is 296 g/mol. The van der Waals surface area contributed by atoms with E-state index in [9.17, 15) is 9.59 Å². The lowest BCUT2D eigenvalue weighted by Crippen LogP contribution is -2.37. The molecule has 1 aliphatic rings. The lowest BCUT2D eigenvalue weighted by atomic mass is 10.1. The molecule has 1 amide bonds. The van der Waals surface area contributed by atoms with Crippen LogP contribution in [0.4, 0.5) is 0 Å². The van der Waals surface area contributed by atoms with E-state index in [-0.39, 0.29) is 18.5 Å². The normalized spacial score (nSPS) is 14.1. The maximum absolute atomic E-state index is 12.1. The molecule has 4 nitrogen and oxygen atoms in total. The second-order valence-electron chi connectivity index (χ2n) is 5.23. The third-order valence-corrected chi connectivity index (χ3v) is 3.88. The summed E-state index contributed by atoms with van der Waals surface area (Å²) in [5.74, 6) is -1.05. The van der Waals surface area contributed by atoms with E-state index in [4.69, 9.17) is 16.7 Å². The van der Waals surface area contributed by atoms with Crippen LogP contribution in [0.2, 0.25) is 5.02 Å². The Balaban J connectivity index is 1.92. The molecule has 5 heteroatoms. The first kappa shape index (κ1) is 14.9. The number of carbonyl (C=O) groups excluding carboxylic acids is 1. The van der Waals surface area contributed by atoms with Gasteiger partial charge in [0.05, 0.1) is 0 Å². The molecule has 1 saturated carbocycles. The van der Waals surface area contributed by atoms with Gasteiger partial charge in [0.2, 0.25) is 5.91 Å². The zero-order chi connectivity index (χ0) is 14.7. The number of benzene rings is 1. The summed E-state index contributed by atoms with van der Waals surface area (Å²) in [6.07, 6.45) is 2.73. The van der Waals surface area contributed by atoms with Crippen LogP contribution in [0.5, 0.6) is 0 Å². The number of rotatable bonds is 6. The van der Waals surface area contributed by atoms with Crippen molar-refractivity contribution in [3.63, 3.8) is 0 Å². The number of halogens is 1. The minimum absolute atomic E-state index is 0.0911. The molecule has 0 spiro atoms. The molecule has 108 valence electrons. The Bertz CT molecular complexity index is 526. The van der Waals surface area contributed by atoms with E-state index in [1.54, 1.807) is 0 Å². The molecule has 2 rings (SSSR count). The Morgan fingerprint density at radius 3 is 2.65 bits per heavy atom. The average Bonchev–Trinajstić information content (AvgIpc) is 3.21. The molecule has 1 N–H and O–H groups in total. The summed E-state index contributed by atoms with van der Waals surface area (Å²) in [6, 6.07) is 5.87. The molecule has 0 unspecified atom stereocenters. The van der Waals surface area contributed by atoms with Crippen LogP contribution in [0.25, 0.3) is 0 Å². The number of aryl methyl sites for hydroxylation is 2. The first-order chi connectivity index (χ1) is 9.47. The van der Waals surface area contributed by atoms with Crippen molar-refractivity contribution in [2.24, 2.45) is 0 Å². The highest BCUT2D eigenvalue weighted by Crippen LogP contribution is 2.27. The van der Waals surface area contributed by atoms with Gasteiger partial charge in [-0.2, -0.15) is 0 Å². The van der Waals surface area contributed by atoms with E-state index >= 15 is 0 Å². The largest absolute Gasteiger partial charge is 0.480 e. The number of aliphatic carboxylic acids is 1. The van der Waals surface area contributed by atoms with Crippen molar-refractivity contribution in [3.8, 4) is 0 Å². The summed E-state index contributed by atoms with van der Waals surface area (Å²) in [5, 5.41) is 9.54. The van der Waals surface area contributed by atoms with Crippen LogP contribution in [-0.2, 0) is 16.0 Å². The minimum Gasteiger partial charge on any atom is -0.480 e. The lowest BCUT2D eigenvalue weighted by Gasteiger charge is -2.20. The Morgan fingerprint density at radius 2 is 2.10 bits per heavy atom. The van der Waals surface area contributed by atoms with Crippen molar-refractivity contribution in [3.05, 3.63) is 34.3 Å². The molecule has 0 atom stereocenters. The predicted molar refractivity (Wildman–Crippen MR) is 76.9 cm³/mol. The van der Waals surface area contributed by atoms with Crippen molar-refractivity contribution in [2.75, 3.05) is 6.54 Å². The van der Waals surface area contributed by atoms with E-state index in [2.05, 4.69) is 0 Å². The summed E-state index contributed by atoms with van der Waals surface area (Å²) in [6.45, 7) is 1.73. The Morgan fingerprint density at radius 1 is 1.40 bits per heavy atom. The highest BCUT2D eigenvalue weighted by Gasteiger charge is 2.33. The van der Waals surface area contributed by atoms with E-state index in [0.717, 1.165) is 24.0 Å². The van der Waals surface area contributed by atoms with Gasteiger partial charge in [-0.15, -0.1) is 0 Å². The van der Waals surface area contributed by atoms with Crippen molar-refractivity contribution in [1.82, 2.24) is 4.90 Å². The molecule has 1 fully saturated rings. The van der Waals surface area contributed by atoms with Gasteiger partial charge in [0, 0.05) is 17.5 Å². The summed E-state index contributed by atoms with van der Waals surface area (Å²) < 4.78 is 0. The molecular weight excluding hydrogens is 278 g/mol. The van der Waals surface area contributed by atoms with Crippen LogP contribution in [-0.4, -0.2) is 34.5 Å². The van der Waals surface area contributed by atoms with Crippen molar-refractivity contribution in [1.29, 1.82) is 0 Å². The number of nitrogens with zero attached hydrogens (tertiary/aromatic N) is 1. The molecular formula is C15H18ClNO3. The summed E-state index contributed by atoms with van der Waals surface area (Å²) in [7, 11) is 0. The highest BCUT2D eigenvalue weighted by atomic mass is 35.5. The second kappa shape index (κ2) is 6.27. The predicted octanol–water partition coefficient (Wildman–Crippen LogP) is 2.66. The summed E-state index contributed by atoms with van der Waals surface area (Å²) >= 11 is 6.05. The summed E-state index contributed by atoms with van der Waals surface area (Å²) in [4.78, 5) is 24.4. The van der Waals surface area contributed by atoms with Gasteiger partial charge in [-0.05, 0) is 43.4 Å². The topological polar surface area (TPSA) is 57.6 Å². The van der Waals surface area contributed by atoms with Crippen LogP contribution in [0.3, 0.4) is 0 Å². The summed E-state index contributed by atoms with van der Waals surface area (Å²) in [5.41, 5.74) is 2.01. The molecule has 0 radical (unpaired) electrons. The van der Waals surface area contributed by atoms with Gasteiger partial charge < -0.3 is 10.0 Å². The van der Waals surface area contributed by atoms with Gasteiger partial charge in [0.15, 0.2) is 0 Å². The van der Waals surface area contributed by atoms with Gasteiger partial charge in [0.25, 0.3) is 0 Å². The van der Waals surface area contributed by atoms with Crippen molar-refractivity contribution < 1.29 is 14.7 Å². The van der Waals surface area contributed by atoms with E-state index in [1.807, 2.05) is 25.1 Å². The number of carboxylic acid groups (broad SMARTS) is 1. The molecule has 1 aromatic rings. The van der Waals surface area contributed by atoms with Crippen molar-refractivity contribution in [2.45, 2.75) is 38.6 Å². The van der Waals surface area contributed by atoms with E-state index in [1.165, 1.54) is 4.90 Å². The first-order valence-corrected chi connectivity index (χ1v) is 7.11. The molecule has 20 heavy (non-hydrogen) atoms. The molecule has 1 aromatic carbocycles. The Kier molecular flexibility index (Phi) is 4.65. The third-order valence-electron chi connectivity index (χ3n) is 3.48. The molecule has 0 aliphatic heterocycles.